The van der Waals surface area contributed by atoms with Gasteiger partial charge in [0.2, 0.25) is 0 Å². The van der Waals surface area contributed by atoms with Crippen molar-refractivity contribution in [1.29, 1.82) is 0 Å². The fraction of sp³-hybridized carbons (Fsp3) is 0.920. The van der Waals surface area contributed by atoms with Crippen molar-refractivity contribution in [2.24, 2.45) is 17.8 Å². The van der Waals surface area contributed by atoms with Gasteiger partial charge in [0.1, 0.15) is 0 Å². The molecule has 1 aliphatic rings. The summed E-state index contributed by atoms with van der Waals surface area (Å²) in [5.74, 6) is -0.552. The molecule has 0 amide bonds. The molecule has 1 saturated carbocycles. The quantitative estimate of drug-likeness (QED) is 0.206. The van der Waals surface area contributed by atoms with E-state index in [9.17, 15) is 9.59 Å². The van der Waals surface area contributed by atoms with E-state index in [2.05, 4.69) is 20.8 Å². The molecule has 0 saturated heterocycles. The second-order valence-electron chi connectivity index (χ2n) is 8.83. The SMILES string of the molecule is CCCCCCCCCOC(=O)C1CCCCC1C(=O)OCC(CC)CCCC. The van der Waals surface area contributed by atoms with E-state index in [1.54, 1.807) is 0 Å². The average molecular weight is 411 g/mol. The first kappa shape index (κ1) is 26.0. The van der Waals surface area contributed by atoms with Crippen LogP contribution in [0, 0.1) is 17.8 Å². The van der Waals surface area contributed by atoms with Crippen molar-refractivity contribution in [3.05, 3.63) is 0 Å². The number of esters is 2. The molecule has 1 rings (SSSR count). The fourth-order valence-corrected chi connectivity index (χ4v) is 4.24. The third-order valence-corrected chi connectivity index (χ3v) is 6.37. The Morgan fingerprint density at radius 3 is 1.90 bits per heavy atom. The van der Waals surface area contributed by atoms with E-state index >= 15 is 0 Å². The second kappa shape index (κ2) is 16.7. The lowest BCUT2D eigenvalue weighted by molar-refractivity contribution is -0.163. The number of ether oxygens (including phenoxy) is 2. The van der Waals surface area contributed by atoms with Gasteiger partial charge in [-0.25, -0.2) is 0 Å². The molecule has 0 radical (unpaired) electrons. The van der Waals surface area contributed by atoms with Gasteiger partial charge in [-0.15, -0.1) is 0 Å². The molecule has 1 aliphatic carbocycles. The number of hydrogen-bond donors (Lipinski definition) is 0. The highest BCUT2D eigenvalue weighted by Gasteiger charge is 2.38. The summed E-state index contributed by atoms with van der Waals surface area (Å²) in [4.78, 5) is 25.3. The van der Waals surface area contributed by atoms with E-state index < -0.39 is 0 Å². The maximum absolute atomic E-state index is 12.7. The number of carbonyl (C=O) groups excluding carboxylic acids is 2. The third kappa shape index (κ3) is 11.1. The summed E-state index contributed by atoms with van der Waals surface area (Å²) < 4.78 is 11.2. The van der Waals surface area contributed by atoms with E-state index in [4.69, 9.17) is 9.47 Å². The molecule has 170 valence electrons. The summed E-state index contributed by atoms with van der Waals surface area (Å²) in [6.07, 6.45) is 16.4. The van der Waals surface area contributed by atoms with Crippen molar-refractivity contribution in [2.45, 2.75) is 117 Å². The molecule has 0 aromatic rings. The number of hydrogen-bond acceptors (Lipinski definition) is 4. The highest BCUT2D eigenvalue weighted by molar-refractivity contribution is 5.82. The molecule has 0 heterocycles. The predicted octanol–water partition coefficient (Wildman–Crippen LogP) is 6.85. The normalized spacial score (nSPS) is 20.2. The standard InChI is InChI=1S/C25H46O4/c1-4-7-9-10-11-12-15-19-28-24(26)22-17-13-14-18-23(22)25(27)29-20-21(6-3)16-8-5-2/h21-23H,4-20H2,1-3H3. The minimum Gasteiger partial charge on any atom is -0.465 e. The van der Waals surface area contributed by atoms with E-state index in [1.807, 2.05) is 0 Å². The minimum atomic E-state index is -0.311. The number of carbonyl (C=O) groups is 2. The fourth-order valence-electron chi connectivity index (χ4n) is 4.24. The second-order valence-corrected chi connectivity index (χ2v) is 8.83. The van der Waals surface area contributed by atoms with Crippen LogP contribution in [0.1, 0.15) is 117 Å². The van der Waals surface area contributed by atoms with E-state index in [0.29, 0.717) is 19.1 Å². The Balaban J connectivity index is 2.34. The van der Waals surface area contributed by atoms with E-state index in [1.165, 1.54) is 44.9 Å². The van der Waals surface area contributed by atoms with Crippen LogP contribution in [0.2, 0.25) is 0 Å². The van der Waals surface area contributed by atoms with Crippen LogP contribution in [-0.2, 0) is 19.1 Å². The Labute approximate surface area is 179 Å². The lowest BCUT2D eigenvalue weighted by Crippen LogP contribution is -2.35. The molecule has 0 spiro atoms. The van der Waals surface area contributed by atoms with Gasteiger partial charge in [-0.05, 0) is 31.6 Å². The molecule has 0 aliphatic heterocycles. The Hall–Kier alpha value is -1.06. The lowest BCUT2D eigenvalue weighted by Gasteiger charge is -2.29. The van der Waals surface area contributed by atoms with Crippen molar-refractivity contribution in [3.63, 3.8) is 0 Å². The van der Waals surface area contributed by atoms with Crippen LogP contribution in [-0.4, -0.2) is 25.2 Å². The first-order valence-electron chi connectivity index (χ1n) is 12.5. The zero-order valence-electron chi connectivity index (χ0n) is 19.4. The molecule has 0 aromatic heterocycles. The zero-order chi connectivity index (χ0) is 21.3. The van der Waals surface area contributed by atoms with Crippen molar-refractivity contribution in [3.8, 4) is 0 Å². The summed E-state index contributed by atoms with van der Waals surface area (Å²) in [6, 6.07) is 0. The number of rotatable bonds is 16. The van der Waals surface area contributed by atoms with Gasteiger partial charge < -0.3 is 9.47 Å². The zero-order valence-corrected chi connectivity index (χ0v) is 19.4. The van der Waals surface area contributed by atoms with Gasteiger partial charge >= 0.3 is 11.9 Å². The molecule has 1 fully saturated rings. The van der Waals surface area contributed by atoms with Crippen molar-refractivity contribution in [1.82, 2.24) is 0 Å². The Morgan fingerprint density at radius 2 is 1.31 bits per heavy atom. The van der Waals surface area contributed by atoms with Gasteiger partial charge in [0.15, 0.2) is 0 Å². The first-order chi connectivity index (χ1) is 14.1. The summed E-state index contributed by atoms with van der Waals surface area (Å²) in [6.45, 7) is 7.54. The first-order valence-corrected chi connectivity index (χ1v) is 12.5. The Morgan fingerprint density at radius 1 is 0.759 bits per heavy atom. The minimum absolute atomic E-state index is 0.183. The summed E-state index contributed by atoms with van der Waals surface area (Å²) in [5, 5.41) is 0. The van der Waals surface area contributed by atoms with Gasteiger partial charge in [0, 0.05) is 0 Å². The molecular weight excluding hydrogens is 364 g/mol. The summed E-state index contributed by atoms with van der Waals surface area (Å²) in [7, 11) is 0. The molecule has 0 bridgehead atoms. The topological polar surface area (TPSA) is 52.6 Å². The largest absolute Gasteiger partial charge is 0.465 e. The smallest absolute Gasteiger partial charge is 0.309 e. The lowest BCUT2D eigenvalue weighted by atomic mass is 9.79. The molecule has 29 heavy (non-hydrogen) atoms. The monoisotopic (exact) mass is 410 g/mol. The van der Waals surface area contributed by atoms with Gasteiger partial charge in [-0.2, -0.15) is 0 Å². The molecule has 3 atom stereocenters. The summed E-state index contributed by atoms with van der Waals surface area (Å²) in [5.41, 5.74) is 0. The van der Waals surface area contributed by atoms with Crippen LogP contribution in [0.5, 0.6) is 0 Å². The van der Waals surface area contributed by atoms with Crippen molar-refractivity contribution < 1.29 is 19.1 Å². The average Bonchev–Trinajstić information content (AvgIpc) is 2.75. The maximum atomic E-state index is 12.7. The van der Waals surface area contributed by atoms with Crippen LogP contribution >= 0.6 is 0 Å². The maximum Gasteiger partial charge on any atom is 0.309 e. The van der Waals surface area contributed by atoms with Crippen LogP contribution in [0.3, 0.4) is 0 Å². The van der Waals surface area contributed by atoms with Gasteiger partial charge in [0.25, 0.3) is 0 Å². The van der Waals surface area contributed by atoms with Gasteiger partial charge in [-0.1, -0.05) is 91.4 Å². The van der Waals surface area contributed by atoms with Gasteiger partial charge in [-0.3, -0.25) is 9.59 Å². The molecular formula is C25H46O4. The summed E-state index contributed by atoms with van der Waals surface area (Å²) >= 11 is 0. The molecule has 4 nitrogen and oxygen atoms in total. The highest BCUT2D eigenvalue weighted by Crippen LogP contribution is 2.32. The molecule has 0 aromatic carbocycles. The van der Waals surface area contributed by atoms with Gasteiger partial charge in [0.05, 0.1) is 25.0 Å². The number of unbranched alkanes of at least 4 members (excludes halogenated alkanes) is 7. The van der Waals surface area contributed by atoms with Crippen LogP contribution in [0.4, 0.5) is 0 Å². The Bertz CT molecular complexity index is 435. The predicted molar refractivity (Wildman–Crippen MR) is 119 cm³/mol. The molecule has 4 heteroatoms. The van der Waals surface area contributed by atoms with Crippen molar-refractivity contribution in [2.75, 3.05) is 13.2 Å². The highest BCUT2D eigenvalue weighted by atomic mass is 16.5. The third-order valence-electron chi connectivity index (χ3n) is 6.37. The van der Waals surface area contributed by atoms with Crippen molar-refractivity contribution >= 4 is 11.9 Å². The van der Waals surface area contributed by atoms with Crippen LogP contribution < -0.4 is 0 Å². The molecule has 0 N–H and O–H groups in total. The van der Waals surface area contributed by atoms with E-state index in [0.717, 1.165) is 51.4 Å². The van der Waals surface area contributed by atoms with Crippen LogP contribution in [0.25, 0.3) is 0 Å². The Kier molecular flexibility index (Phi) is 15.0. The van der Waals surface area contributed by atoms with Crippen LogP contribution in [0.15, 0.2) is 0 Å². The molecule has 3 unspecified atom stereocenters. The van der Waals surface area contributed by atoms with E-state index in [-0.39, 0.29) is 23.8 Å².